The second kappa shape index (κ2) is 9.66. The predicted molar refractivity (Wildman–Crippen MR) is 118 cm³/mol. The molecule has 7 nitrogen and oxygen atoms in total. The Morgan fingerprint density at radius 3 is 2.62 bits per heavy atom. The first-order valence-electron chi connectivity index (χ1n) is 10.8. The zero-order chi connectivity index (χ0) is 22.7. The average molecular weight is 462 g/mol. The highest BCUT2D eigenvalue weighted by Crippen LogP contribution is 2.24. The Morgan fingerprint density at radius 2 is 1.94 bits per heavy atom. The maximum atomic E-state index is 13.9. The molecule has 0 spiro atoms. The summed E-state index contributed by atoms with van der Waals surface area (Å²) in [5, 5.41) is 2.93. The number of carbonyl (C=O) groups excluding carboxylic acids is 1. The van der Waals surface area contributed by atoms with Gasteiger partial charge in [0.05, 0.1) is 24.2 Å². The lowest BCUT2D eigenvalue weighted by molar-refractivity contribution is 0.0162. The molecule has 1 saturated carbocycles. The molecule has 2 N–H and O–H groups in total. The number of ether oxygens (including phenoxy) is 1. The molecule has 0 bridgehead atoms. The number of hydrogen-bond donors (Lipinski definition) is 2. The lowest BCUT2D eigenvalue weighted by Crippen LogP contribution is -2.44. The number of sulfonamides is 1. The fraction of sp³-hybridized carbons (Fsp3) is 0.435. The van der Waals surface area contributed by atoms with Gasteiger partial charge in [0.25, 0.3) is 5.91 Å². The highest BCUT2D eigenvalue weighted by molar-refractivity contribution is 7.89. The summed E-state index contributed by atoms with van der Waals surface area (Å²) < 4.78 is 47.1. The van der Waals surface area contributed by atoms with Gasteiger partial charge in [0.2, 0.25) is 10.0 Å². The first-order valence-corrected chi connectivity index (χ1v) is 12.3. The third-order valence-corrected chi connectivity index (χ3v) is 7.36. The SMILES string of the molecule is Cc1ccc(S(=O)(=O)NC2CC2)cc1C(=O)NCC(c1cccc(F)c1)N1CCOCC1. The van der Waals surface area contributed by atoms with E-state index in [9.17, 15) is 17.6 Å². The summed E-state index contributed by atoms with van der Waals surface area (Å²) >= 11 is 0. The molecule has 2 fully saturated rings. The van der Waals surface area contributed by atoms with Gasteiger partial charge in [0, 0.05) is 31.2 Å². The van der Waals surface area contributed by atoms with Crippen molar-refractivity contribution >= 4 is 15.9 Å². The third-order valence-electron chi connectivity index (χ3n) is 5.84. The van der Waals surface area contributed by atoms with Crippen molar-refractivity contribution in [1.29, 1.82) is 0 Å². The number of aryl methyl sites for hydroxylation is 1. The van der Waals surface area contributed by atoms with E-state index < -0.39 is 10.0 Å². The van der Waals surface area contributed by atoms with E-state index in [2.05, 4.69) is 14.9 Å². The van der Waals surface area contributed by atoms with Crippen LogP contribution in [0.1, 0.15) is 40.4 Å². The largest absolute Gasteiger partial charge is 0.379 e. The van der Waals surface area contributed by atoms with Crippen LogP contribution in [0.4, 0.5) is 4.39 Å². The van der Waals surface area contributed by atoms with Crippen LogP contribution in [0.15, 0.2) is 47.4 Å². The number of amides is 1. The standard InChI is InChI=1S/C23H28FN3O4S/c1-16-5-8-20(32(29,30)26-19-6-7-19)14-21(16)23(28)25-15-22(27-9-11-31-12-10-27)17-3-2-4-18(24)13-17/h2-5,8,13-14,19,22,26H,6-7,9-12,15H2,1H3,(H,25,28). The van der Waals surface area contributed by atoms with Gasteiger partial charge in [-0.3, -0.25) is 9.69 Å². The van der Waals surface area contributed by atoms with Crippen LogP contribution < -0.4 is 10.0 Å². The molecule has 2 aromatic carbocycles. The molecular weight excluding hydrogens is 433 g/mol. The summed E-state index contributed by atoms with van der Waals surface area (Å²) in [5.41, 5.74) is 1.76. The van der Waals surface area contributed by atoms with Crippen LogP contribution >= 0.6 is 0 Å². The summed E-state index contributed by atoms with van der Waals surface area (Å²) in [7, 11) is -3.66. The van der Waals surface area contributed by atoms with E-state index >= 15 is 0 Å². The Hall–Kier alpha value is -2.33. The maximum absolute atomic E-state index is 13.9. The quantitative estimate of drug-likeness (QED) is 0.630. The van der Waals surface area contributed by atoms with E-state index in [4.69, 9.17) is 4.74 Å². The number of morpholine rings is 1. The van der Waals surface area contributed by atoms with Crippen molar-refractivity contribution in [3.63, 3.8) is 0 Å². The predicted octanol–water partition coefficient (Wildman–Crippen LogP) is 2.38. The monoisotopic (exact) mass is 461 g/mol. The smallest absolute Gasteiger partial charge is 0.251 e. The molecule has 2 aromatic rings. The summed E-state index contributed by atoms with van der Waals surface area (Å²) in [5.74, 6) is -0.690. The third kappa shape index (κ3) is 5.53. The van der Waals surface area contributed by atoms with Gasteiger partial charge in [-0.15, -0.1) is 0 Å². The number of halogens is 1. The summed E-state index contributed by atoms with van der Waals surface area (Å²) in [4.78, 5) is 15.3. The molecule has 4 rings (SSSR count). The Balaban J connectivity index is 1.52. The summed E-state index contributed by atoms with van der Waals surface area (Å²) in [6.45, 7) is 4.54. The molecule has 1 aliphatic heterocycles. The molecule has 1 aliphatic carbocycles. The molecule has 32 heavy (non-hydrogen) atoms. The number of carbonyl (C=O) groups is 1. The van der Waals surface area contributed by atoms with Crippen molar-refractivity contribution in [2.45, 2.75) is 36.7 Å². The van der Waals surface area contributed by atoms with E-state index in [1.54, 1.807) is 19.1 Å². The van der Waals surface area contributed by atoms with Crippen molar-refractivity contribution < 1.29 is 22.3 Å². The second-order valence-corrected chi connectivity index (χ2v) is 10.0. The first-order chi connectivity index (χ1) is 15.3. The summed E-state index contributed by atoms with van der Waals surface area (Å²) in [6.07, 6.45) is 1.67. The van der Waals surface area contributed by atoms with Gasteiger partial charge in [0.15, 0.2) is 0 Å². The second-order valence-electron chi connectivity index (χ2n) is 8.30. The topological polar surface area (TPSA) is 87.7 Å². The molecule has 1 heterocycles. The average Bonchev–Trinajstić information content (AvgIpc) is 3.58. The van der Waals surface area contributed by atoms with Crippen LogP contribution in [0.2, 0.25) is 0 Å². The van der Waals surface area contributed by atoms with E-state index in [0.717, 1.165) is 18.4 Å². The van der Waals surface area contributed by atoms with Crippen LogP contribution in [-0.2, 0) is 14.8 Å². The van der Waals surface area contributed by atoms with Crippen molar-refractivity contribution in [3.05, 3.63) is 65.0 Å². The van der Waals surface area contributed by atoms with Gasteiger partial charge in [0.1, 0.15) is 5.82 Å². The van der Waals surface area contributed by atoms with Crippen LogP contribution in [0.3, 0.4) is 0 Å². The zero-order valence-electron chi connectivity index (χ0n) is 18.0. The van der Waals surface area contributed by atoms with Gasteiger partial charge in [-0.25, -0.2) is 17.5 Å². The highest BCUT2D eigenvalue weighted by atomic mass is 32.2. The van der Waals surface area contributed by atoms with Crippen molar-refractivity contribution in [2.75, 3.05) is 32.8 Å². The van der Waals surface area contributed by atoms with E-state index in [-0.39, 0.29) is 35.2 Å². The van der Waals surface area contributed by atoms with Gasteiger partial charge >= 0.3 is 0 Å². The Morgan fingerprint density at radius 1 is 1.19 bits per heavy atom. The number of nitrogens with one attached hydrogen (secondary N) is 2. The van der Waals surface area contributed by atoms with Crippen LogP contribution in [0.25, 0.3) is 0 Å². The van der Waals surface area contributed by atoms with Gasteiger partial charge in [-0.2, -0.15) is 0 Å². The molecule has 1 saturated heterocycles. The normalized spacial score (nSPS) is 18.3. The van der Waals surface area contributed by atoms with Gasteiger partial charge in [-0.1, -0.05) is 18.2 Å². The minimum atomic E-state index is -3.66. The summed E-state index contributed by atoms with van der Waals surface area (Å²) in [6, 6.07) is 10.7. The molecular formula is C23H28FN3O4S. The zero-order valence-corrected chi connectivity index (χ0v) is 18.8. The van der Waals surface area contributed by atoms with Crippen molar-refractivity contribution in [3.8, 4) is 0 Å². The van der Waals surface area contributed by atoms with E-state index in [0.29, 0.717) is 37.4 Å². The first kappa shape index (κ1) is 22.8. The Bertz CT molecular complexity index is 1080. The molecule has 1 atom stereocenters. The number of nitrogens with zero attached hydrogens (tertiary/aromatic N) is 1. The Kier molecular flexibility index (Phi) is 6.90. The molecule has 1 amide bonds. The lowest BCUT2D eigenvalue weighted by atomic mass is 10.0. The minimum Gasteiger partial charge on any atom is -0.379 e. The van der Waals surface area contributed by atoms with Crippen molar-refractivity contribution in [2.24, 2.45) is 0 Å². The van der Waals surface area contributed by atoms with E-state index in [1.165, 1.54) is 24.3 Å². The molecule has 9 heteroatoms. The number of rotatable bonds is 8. The molecule has 0 radical (unpaired) electrons. The lowest BCUT2D eigenvalue weighted by Gasteiger charge is -2.35. The Labute approximate surface area is 188 Å². The van der Waals surface area contributed by atoms with Gasteiger partial charge in [-0.05, 0) is 55.2 Å². The number of hydrogen-bond acceptors (Lipinski definition) is 5. The molecule has 1 unspecified atom stereocenters. The van der Waals surface area contributed by atoms with E-state index in [1.807, 2.05) is 6.07 Å². The maximum Gasteiger partial charge on any atom is 0.251 e. The van der Waals surface area contributed by atoms with Crippen molar-refractivity contribution in [1.82, 2.24) is 14.9 Å². The van der Waals surface area contributed by atoms with Crippen LogP contribution in [0.5, 0.6) is 0 Å². The van der Waals surface area contributed by atoms with Gasteiger partial charge < -0.3 is 10.1 Å². The van der Waals surface area contributed by atoms with Crippen LogP contribution in [-0.4, -0.2) is 58.1 Å². The minimum absolute atomic E-state index is 0.0147. The van der Waals surface area contributed by atoms with Crippen LogP contribution in [0, 0.1) is 12.7 Å². The molecule has 2 aliphatic rings. The highest BCUT2D eigenvalue weighted by Gasteiger charge is 2.29. The fourth-order valence-corrected chi connectivity index (χ4v) is 5.18. The molecule has 172 valence electrons. The molecule has 0 aromatic heterocycles. The fourth-order valence-electron chi connectivity index (χ4n) is 3.85. The number of benzene rings is 2.